The third kappa shape index (κ3) is 5.24. The smallest absolute Gasteiger partial charge is 0.179 e. The molecule has 0 aliphatic carbocycles. The molecule has 3 aromatic rings. The molecule has 2 aliphatic heterocycles. The molecular weight excluding hydrogens is 510 g/mol. The number of fused-ring (bicyclic) bond motifs is 1. The maximum Gasteiger partial charge on any atom is 0.179 e. The van der Waals surface area contributed by atoms with E-state index in [2.05, 4.69) is 23.6 Å². The first-order valence-electron chi connectivity index (χ1n) is 12.1. The third-order valence-corrected chi connectivity index (χ3v) is 8.01. The standard InChI is InChI=1S/C25H31Cl2FN6.ClH/c1-15-14-33(11-8-22(15)32-9-6-19(28)7-10-32)23-13-29-24-16(2)31-34(25(24)30-23)17(3)20-5-4-18(26)12-21(20)27;/h4-5,12-13,15,17,19,22H,6-11,14H2,1-3H3;1H. The van der Waals surface area contributed by atoms with Crippen LogP contribution in [-0.4, -0.2) is 63.0 Å². The highest BCUT2D eigenvalue weighted by atomic mass is 35.5. The molecule has 0 saturated carbocycles. The molecule has 3 atom stereocenters. The summed E-state index contributed by atoms with van der Waals surface area (Å²) < 4.78 is 15.5. The van der Waals surface area contributed by atoms with Crippen molar-refractivity contribution in [1.29, 1.82) is 0 Å². The van der Waals surface area contributed by atoms with Crippen LogP contribution in [0, 0.1) is 12.8 Å². The minimum absolute atomic E-state index is 0. The first-order chi connectivity index (χ1) is 16.3. The molecular formula is C25H32Cl3FN6. The zero-order valence-corrected chi connectivity index (χ0v) is 22.6. The number of hydrogen-bond acceptors (Lipinski definition) is 5. The normalized spacial score (nSPS) is 22.9. The number of anilines is 1. The van der Waals surface area contributed by atoms with E-state index in [1.807, 2.05) is 29.9 Å². The fraction of sp³-hybridized carbons (Fsp3) is 0.560. The van der Waals surface area contributed by atoms with Crippen molar-refractivity contribution in [1.82, 2.24) is 24.6 Å². The molecule has 0 spiro atoms. The van der Waals surface area contributed by atoms with E-state index in [4.69, 9.17) is 38.3 Å². The average molecular weight is 542 g/mol. The summed E-state index contributed by atoms with van der Waals surface area (Å²) in [6, 6.07) is 5.92. The third-order valence-electron chi connectivity index (χ3n) is 7.45. The lowest BCUT2D eigenvalue weighted by molar-refractivity contribution is 0.0741. The summed E-state index contributed by atoms with van der Waals surface area (Å²) >= 11 is 12.6. The zero-order chi connectivity index (χ0) is 24.0. The number of halogens is 4. The summed E-state index contributed by atoms with van der Waals surface area (Å²) in [6.45, 7) is 9.87. The number of benzene rings is 1. The highest BCUT2D eigenvalue weighted by molar-refractivity contribution is 6.35. The van der Waals surface area contributed by atoms with Crippen LogP contribution >= 0.6 is 35.6 Å². The lowest BCUT2D eigenvalue weighted by Crippen LogP contribution is -2.52. The molecule has 2 aromatic heterocycles. The molecule has 3 unspecified atom stereocenters. The van der Waals surface area contributed by atoms with Gasteiger partial charge in [-0.3, -0.25) is 4.90 Å². The van der Waals surface area contributed by atoms with E-state index in [0.29, 0.717) is 34.8 Å². The summed E-state index contributed by atoms with van der Waals surface area (Å²) in [6.07, 6.45) is 3.60. The summed E-state index contributed by atoms with van der Waals surface area (Å²) in [5, 5.41) is 5.97. The van der Waals surface area contributed by atoms with Crippen molar-refractivity contribution in [3.8, 4) is 0 Å². The van der Waals surface area contributed by atoms with Gasteiger partial charge in [-0.25, -0.2) is 19.0 Å². The van der Waals surface area contributed by atoms with E-state index < -0.39 is 6.17 Å². The van der Waals surface area contributed by atoms with Gasteiger partial charge >= 0.3 is 0 Å². The second kappa shape index (κ2) is 10.8. The van der Waals surface area contributed by atoms with Crippen molar-refractivity contribution in [2.45, 2.75) is 58.3 Å². The van der Waals surface area contributed by atoms with Crippen LogP contribution in [0.5, 0.6) is 0 Å². The lowest BCUT2D eigenvalue weighted by atomic mass is 9.90. The Morgan fingerprint density at radius 2 is 1.86 bits per heavy atom. The number of hydrogen-bond donors (Lipinski definition) is 0. The minimum atomic E-state index is -0.632. The lowest BCUT2D eigenvalue weighted by Gasteiger charge is -2.44. The summed E-state index contributed by atoms with van der Waals surface area (Å²) in [7, 11) is 0. The molecule has 0 amide bonds. The van der Waals surface area contributed by atoms with Gasteiger partial charge in [0.1, 0.15) is 17.5 Å². The highest BCUT2D eigenvalue weighted by Gasteiger charge is 2.33. The van der Waals surface area contributed by atoms with E-state index in [0.717, 1.165) is 60.8 Å². The van der Waals surface area contributed by atoms with E-state index in [1.165, 1.54) is 0 Å². The predicted octanol–water partition coefficient (Wildman–Crippen LogP) is 6.12. The second-order valence-corrected chi connectivity index (χ2v) is 10.6. The Bertz CT molecular complexity index is 1180. The number of piperidine rings is 2. The maximum absolute atomic E-state index is 13.6. The van der Waals surface area contributed by atoms with Gasteiger partial charge in [-0.1, -0.05) is 36.2 Å². The van der Waals surface area contributed by atoms with Gasteiger partial charge in [0.05, 0.1) is 17.9 Å². The Labute approximate surface area is 222 Å². The summed E-state index contributed by atoms with van der Waals surface area (Å²) in [4.78, 5) is 14.6. The van der Waals surface area contributed by atoms with E-state index >= 15 is 0 Å². The van der Waals surface area contributed by atoms with Crippen LogP contribution in [0.2, 0.25) is 10.0 Å². The van der Waals surface area contributed by atoms with Gasteiger partial charge in [0.25, 0.3) is 0 Å². The van der Waals surface area contributed by atoms with E-state index in [-0.39, 0.29) is 18.4 Å². The molecule has 2 fully saturated rings. The quantitative estimate of drug-likeness (QED) is 0.398. The SMILES string of the molecule is Cc1nn(C(C)c2ccc(Cl)cc2Cl)c2nc(N3CCC(N4CCC(F)CC4)C(C)C3)cnc12.Cl. The molecule has 0 radical (unpaired) electrons. The highest BCUT2D eigenvalue weighted by Crippen LogP contribution is 2.32. The van der Waals surface area contributed by atoms with Gasteiger partial charge in [0.2, 0.25) is 0 Å². The van der Waals surface area contributed by atoms with Crippen molar-refractivity contribution >= 4 is 52.6 Å². The van der Waals surface area contributed by atoms with Crippen LogP contribution in [0.3, 0.4) is 0 Å². The van der Waals surface area contributed by atoms with Crippen molar-refractivity contribution in [3.63, 3.8) is 0 Å². The summed E-state index contributed by atoms with van der Waals surface area (Å²) in [5.74, 6) is 1.34. The van der Waals surface area contributed by atoms with Crippen LogP contribution in [0.15, 0.2) is 24.4 Å². The molecule has 2 saturated heterocycles. The number of aromatic nitrogens is 4. The van der Waals surface area contributed by atoms with Crippen molar-refractivity contribution in [2.75, 3.05) is 31.1 Å². The number of rotatable bonds is 4. The van der Waals surface area contributed by atoms with Crippen molar-refractivity contribution in [3.05, 3.63) is 45.7 Å². The first kappa shape index (κ1) is 26.4. The number of alkyl halides is 1. The number of nitrogens with zero attached hydrogens (tertiary/aromatic N) is 6. The fourth-order valence-electron chi connectivity index (χ4n) is 5.52. The minimum Gasteiger partial charge on any atom is -0.355 e. The zero-order valence-electron chi connectivity index (χ0n) is 20.3. The average Bonchev–Trinajstić information content (AvgIpc) is 3.15. The Morgan fingerprint density at radius 1 is 1.11 bits per heavy atom. The van der Waals surface area contributed by atoms with Gasteiger partial charge in [0.15, 0.2) is 5.65 Å². The van der Waals surface area contributed by atoms with Gasteiger partial charge in [-0.05, 0) is 56.7 Å². The van der Waals surface area contributed by atoms with Gasteiger partial charge < -0.3 is 4.90 Å². The van der Waals surface area contributed by atoms with Crippen molar-refractivity contribution in [2.24, 2.45) is 5.92 Å². The molecule has 35 heavy (non-hydrogen) atoms. The van der Waals surface area contributed by atoms with Crippen LogP contribution in [-0.2, 0) is 0 Å². The van der Waals surface area contributed by atoms with Crippen LogP contribution in [0.1, 0.15) is 50.4 Å². The van der Waals surface area contributed by atoms with Crippen LogP contribution in [0.25, 0.3) is 11.2 Å². The van der Waals surface area contributed by atoms with Gasteiger partial charge in [-0.2, -0.15) is 5.10 Å². The molecule has 2 aliphatic rings. The molecule has 6 nitrogen and oxygen atoms in total. The number of aryl methyl sites for hydroxylation is 1. The van der Waals surface area contributed by atoms with Gasteiger partial charge in [-0.15, -0.1) is 12.4 Å². The monoisotopic (exact) mass is 540 g/mol. The number of likely N-dealkylation sites (tertiary alicyclic amines) is 1. The van der Waals surface area contributed by atoms with E-state index in [9.17, 15) is 4.39 Å². The molecule has 1 aromatic carbocycles. The van der Waals surface area contributed by atoms with Crippen LogP contribution < -0.4 is 4.90 Å². The van der Waals surface area contributed by atoms with Crippen LogP contribution in [0.4, 0.5) is 10.2 Å². The maximum atomic E-state index is 13.6. The predicted molar refractivity (Wildman–Crippen MR) is 143 cm³/mol. The molecule has 0 bridgehead atoms. The summed E-state index contributed by atoms with van der Waals surface area (Å²) in [5.41, 5.74) is 3.34. The molecule has 5 rings (SSSR count). The Hall–Kier alpha value is -1.67. The van der Waals surface area contributed by atoms with Gasteiger partial charge in [0, 0.05) is 42.3 Å². The largest absolute Gasteiger partial charge is 0.355 e. The first-order valence-corrected chi connectivity index (χ1v) is 12.9. The molecule has 0 N–H and O–H groups in total. The fourth-order valence-corrected chi connectivity index (χ4v) is 6.09. The molecule has 4 heterocycles. The Kier molecular flexibility index (Phi) is 8.11. The second-order valence-electron chi connectivity index (χ2n) is 9.76. The molecule has 190 valence electrons. The Morgan fingerprint density at radius 3 is 2.54 bits per heavy atom. The topological polar surface area (TPSA) is 50.1 Å². The van der Waals surface area contributed by atoms with E-state index in [1.54, 1.807) is 6.07 Å². The molecule has 10 heteroatoms. The van der Waals surface area contributed by atoms with Crippen molar-refractivity contribution < 1.29 is 4.39 Å². The Balaban J connectivity index is 0.00000289.